The van der Waals surface area contributed by atoms with Gasteiger partial charge in [-0.15, -0.1) is 0 Å². The van der Waals surface area contributed by atoms with Crippen LogP contribution in [0.2, 0.25) is 0 Å². The Morgan fingerprint density at radius 2 is 1.84 bits per heavy atom. The summed E-state index contributed by atoms with van der Waals surface area (Å²) in [4.78, 5) is 13.6. The quantitative estimate of drug-likeness (QED) is 0.372. The third-order valence-corrected chi connectivity index (χ3v) is 6.03. The molecule has 0 N–H and O–H groups in total. The Hall–Kier alpha value is -2.49. The van der Waals surface area contributed by atoms with Gasteiger partial charge < -0.3 is 14.4 Å². The highest BCUT2D eigenvalue weighted by Crippen LogP contribution is 2.48. The average molecular weight is 475 g/mol. The lowest BCUT2D eigenvalue weighted by Gasteiger charge is -2.27. The number of esters is 1. The Kier molecular flexibility index (Phi) is 6.92. The minimum absolute atomic E-state index is 0.0592. The summed E-state index contributed by atoms with van der Waals surface area (Å²) in [5.74, 6) is -1.63. The summed E-state index contributed by atoms with van der Waals surface area (Å²) >= 11 is 0.791. The standard InChI is InChI=1S/C22H22F5NO3S/c1-21(2,20(29)30-3)12-31-17-11-18-16(10-15(17)22(25,26)27)28(9-8-19(24)32-18)14-6-4-13(23)5-7-14/h4-7,10-11,19H,8-9,12H2,1-3H3. The van der Waals surface area contributed by atoms with Crippen molar-refractivity contribution in [1.82, 2.24) is 0 Å². The first-order chi connectivity index (χ1) is 14.9. The second-order valence-corrected chi connectivity index (χ2v) is 9.11. The first-order valence-electron chi connectivity index (χ1n) is 9.72. The predicted octanol–water partition coefficient (Wildman–Crippen LogP) is 6.35. The number of nitrogens with zero attached hydrogens (tertiary/aromatic N) is 1. The fraction of sp³-hybridized carbons (Fsp3) is 0.409. The van der Waals surface area contributed by atoms with Crippen molar-refractivity contribution in [1.29, 1.82) is 0 Å². The number of halogens is 5. The van der Waals surface area contributed by atoms with E-state index in [0.29, 0.717) is 5.69 Å². The largest absolute Gasteiger partial charge is 0.492 e. The van der Waals surface area contributed by atoms with E-state index in [0.717, 1.165) is 23.9 Å². The van der Waals surface area contributed by atoms with E-state index in [4.69, 9.17) is 4.74 Å². The zero-order chi connectivity index (χ0) is 23.7. The Bertz CT molecular complexity index is 979. The minimum atomic E-state index is -4.76. The summed E-state index contributed by atoms with van der Waals surface area (Å²) in [5.41, 5.74) is -3.01. The fourth-order valence-electron chi connectivity index (χ4n) is 3.23. The zero-order valence-corrected chi connectivity index (χ0v) is 18.4. The van der Waals surface area contributed by atoms with E-state index in [1.165, 1.54) is 50.1 Å². The fourth-order valence-corrected chi connectivity index (χ4v) is 4.19. The predicted molar refractivity (Wildman–Crippen MR) is 112 cm³/mol. The number of ether oxygens (including phenoxy) is 2. The maximum absolute atomic E-state index is 14.4. The van der Waals surface area contributed by atoms with Crippen LogP contribution in [0.15, 0.2) is 41.3 Å². The molecule has 0 amide bonds. The summed E-state index contributed by atoms with van der Waals surface area (Å²) < 4.78 is 79.6. The zero-order valence-electron chi connectivity index (χ0n) is 17.6. The van der Waals surface area contributed by atoms with Gasteiger partial charge in [-0.25, -0.2) is 8.78 Å². The number of carbonyl (C=O) groups excluding carboxylic acids is 1. The number of thioether (sulfide) groups is 1. The summed E-state index contributed by atoms with van der Waals surface area (Å²) in [6.45, 7) is 2.71. The van der Waals surface area contributed by atoms with E-state index in [1.54, 1.807) is 0 Å². The van der Waals surface area contributed by atoms with Gasteiger partial charge in [-0.3, -0.25) is 4.79 Å². The summed E-state index contributed by atoms with van der Waals surface area (Å²) in [7, 11) is 1.18. The van der Waals surface area contributed by atoms with Gasteiger partial charge in [0.25, 0.3) is 0 Å². The molecule has 2 aromatic carbocycles. The molecule has 32 heavy (non-hydrogen) atoms. The molecule has 0 aliphatic carbocycles. The van der Waals surface area contributed by atoms with Crippen molar-refractivity contribution < 1.29 is 36.2 Å². The van der Waals surface area contributed by atoms with Crippen LogP contribution in [-0.2, 0) is 15.7 Å². The van der Waals surface area contributed by atoms with Gasteiger partial charge in [-0.05, 0) is 50.2 Å². The molecule has 0 spiro atoms. The second kappa shape index (κ2) is 9.17. The summed E-state index contributed by atoms with van der Waals surface area (Å²) in [6, 6.07) is 7.29. The SMILES string of the molecule is COC(=O)C(C)(C)COc1cc2c(cc1C(F)(F)F)N(c1ccc(F)cc1)CCC(F)S2. The van der Waals surface area contributed by atoms with Crippen molar-refractivity contribution in [2.45, 2.75) is 36.8 Å². The Morgan fingerprint density at radius 3 is 2.44 bits per heavy atom. The molecule has 4 nitrogen and oxygen atoms in total. The molecule has 0 saturated heterocycles. The van der Waals surface area contributed by atoms with Gasteiger partial charge in [-0.1, -0.05) is 11.8 Å². The van der Waals surface area contributed by atoms with Crippen molar-refractivity contribution in [2.75, 3.05) is 25.2 Å². The molecule has 10 heteroatoms. The molecule has 2 aromatic rings. The molecule has 3 rings (SSSR count). The number of rotatable bonds is 5. The van der Waals surface area contributed by atoms with Gasteiger partial charge >= 0.3 is 12.1 Å². The number of benzene rings is 2. The molecule has 1 aliphatic heterocycles. The topological polar surface area (TPSA) is 38.8 Å². The number of alkyl halides is 4. The molecule has 1 heterocycles. The van der Waals surface area contributed by atoms with E-state index < -0.39 is 40.2 Å². The summed E-state index contributed by atoms with van der Waals surface area (Å²) in [5, 5.41) is 0. The Morgan fingerprint density at radius 1 is 1.19 bits per heavy atom. The van der Waals surface area contributed by atoms with Gasteiger partial charge in [0.05, 0.1) is 23.8 Å². The number of fused-ring (bicyclic) bond motifs is 1. The Balaban J connectivity index is 2.07. The van der Waals surface area contributed by atoms with Crippen LogP contribution < -0.4 is 9.64 Å². The molecule has 0 aromatic heterocycles. The van der Waals surface area contributed by atoms with E-state index >= 15 is 0 Å². The van der Waals surface area contributed by atoms with E-state index in [-0.39, 0.29) is 30.2 Å². The van der Waals surface area contributed by atoms with Crippen molar-refractivity contribution >= 4 is 29.1 Å². The number of hydrogen-bond donors (Lipinski definition) is 0. The first-order valence-corrected chi connectivity index (χ1v) is 10.6. The molecular formula is C22H22F5NO3S. The first kappa shape index (κ1) is 24.2. The number of hydrogen-bond acceptors (Lipinski definition) is 5. The van der Waals surface area contributed by atoms with Crippen molar-refractivity contribution in [3.63, 3.8) is 0 Å². The van der Waals surface area contributed by atoms with Crippen LogP contribution in [0.1, 0.15) is 25.8 Å². The molecule has 1 unspecified atom stereocenters. The smallest absolute Gasteiger partial charge is 0.420 e. The third-order valence-electron chi connectivity index (χ3n) is 4.96. The van der Waals surface area contributed by atoms with Gasteiger partial charge in [0.2, 0.25) is 0 Å². The van der Waals surface area contributed by atoms with Gasteiger partial charge in [0.15, 0.2) is 5.50 Å². The third kappa shape index (κ3) is 5.28. The maximum atomic E-state index is 14.4. The lowest BCUT2D eigenvalue weighted by atomic mass is 9.95. The number of carbonyl (C=O) groups is 1. The maximum Gasteiger partial charge on any atom is 0.420 e. The Labute approximate surface area is 186 Å². The monoisotopic (exact) mass is 475 g/mol. The van der Waals surface area contributed by atoms with Crippen molar-refractivity contribution in [3.05, 3.63) is 47.8 Å². The van der Waals surface area contributed by atoms with Crippen molar-refractivity contribution in [2.24, 2.45) is 5.41 Å². The molecule has 174 valence electrons. The highest BCUT2D eigenvalue weighted by atomic mass is 32.2. The van der Waals surface area contributed by atoms with Crippen LogP contribution in [0, 0.1) is 11.2 Å². The highest BCUT2D eigenvalue weighted by Gasteiger charge is 2.38. The van der Waals surface area contributed by atoms with Crippen LogP contribution in [0.5, 0.6) is 5.75 Å². The van der Waals surface area contributed by atoms with E-state index in [2.05, 4.69) is 4.74 Å². The van der Waals surface area contributed by atoms with Gasteiger partial charge in [0.1, 0.15) is 18.2 Å². The lowest BCUT2D eigenvalue weighted by Crippen LogP contribution is -2.32. The number of anilines is 2. The van der Waals surface area contributed by atoms with Crippen LogP contribution in [0.3, 0.4) is 0 Å². The van der Waals surface area contributed by atoms with Crippen LogP contribution in [0.4, 0.5) is 33.3 Å². The number of methoxy groups -OCH3 is 1. The normalized spacial score (nSPS) is 16.9. The molecule has 0 radical (unpaired) electrons. The van der Waals surface area contributed by atoms with E-state index in [9.17, 15) is 26.7 Å². The van der Waals surface area contributed by atoms with Gasteiger partial charge in [0, 0.05) is 23.5 Å². The minimum Gasteiger partial charge on any atom is -0.492 e. The van der Waals surface area contributed by atoms with Crippen molar-refractivity contribution in [3.8, 4) is 5.75 Å². The van der Waals surface area contributed by atoms with E-state index in [1.807, 2.05) is 0 Å². The molecule has 0 bridgehead atoms. The molecular weight excluding hydrogens is 453 g/mol. The average Bonchev–Trinajstić information content (AvgIpc) is 2.88. The second-order valence-electron chi connectivity index (χ2n) is 7.92. The molecule has 1 atom stereocenters. The lowest BCUT2D eigenvalue weighted by molar-refractivity contribution is -0.152. The van der Waals surface area contributed by atoms with Crippen LogP contribution in [0.25, 0.3) is 0 Å². The highest BCUT2D eigenvalue weighted by molar-refractivity contribution is 8.00. The van der Waals surface area contributed by atoms with Crippen LogP contribution in [-0.4, -0.2) is 31.7 Å². The molecule has 0 saturated carbocycles. The summed E-state index contributed by atoms with van der Waals surface area (Å²) in [6.07, 6.45) is -4.70. The molecule has 0 fully saturated rings. The van der Waals surface area contributed by atoms with Crippen LogP contribution >= 0.6 is 11.8 Å². The van der Waals surface area contributed by atoms with Gasteiger partial charge in [-0.2, -0.15) is 13.2 Å². The molecule has 1 aliphatic rings.